The molecule has 0 bridgehead atoms. The normalized spacial score (nSPS) is 10.5. The maximum atomic E-state index is 12.0. The number of nitrogens with zero attached hydrogens (tertiary/aromatic N) is 2. The van der Waals surface area contributed by atoms with Gasteiger partial charge in [-0.05, 0) is 13.2 Å². The molecule has 0 radical (unpaired) electrons. The first-order chi connectivity index (χ1) is 9.52. The molecule has 2 aromatic rings. The molecule has 1 heterocycles. The molecule has 6 nitrogen and oxygen atoms in total. The summed E-state index contributed by atoms with van der Waals surface area (Å²) in [5.74, 6) is 0. The van der Waals surface area contributed by atoms with E-state index in [1.165, 1.54) is 17.8 Å². The Labute approximate surface area is 119 Å². The highest BCUT2D eigenvalue weighted by Crippen LogP contribution is 2.21. The molecule has 2 rings (SSSR count). The van der Waals surface area contributed by atoms with E-state index in [1.807, 2.05) is 6.26 Å². The molecule has 1 aromatic carbocycles. The van der Waals surface area contributed by atoms with Crippen molar-refractivity contribution in [2.75, 3.05) is 6.26 Å². The third kappa shape index (κ3) is 2.88. The van der Waals surface area contributed by atoms with Crippen LogP contribution in [0.15, 0.2) is 34.2 Å². The Bertz CT molecular complexity index is 712. The second-order valence-electron chi connectivity index (χ2n) is 4.20. The van der Waals surface area contributed by atoms with Gasteiger partial charge < -0.3 is 4.98 Å². The summed E-state index contributed by atoms with van der Waals surface area (Å²) in [5, 5.41) is 11.5. The van der Waals surface area contributed by atoms with Crippen LogP contribution in [0.4, 0.5) is 5.69 Å². The van der Waals surface area contributed by atoms with E-state index in [1.54, 1.807) is 25.1 Å². The molecular weight excluding hydrogens is 278 g/mol. The topological polar surface area (TPSA) is 88.9 Å². The van der Waals surface area contributed by atoms with Crippen molar-refractivity contribution in [3.8, 4) is 0 Å². The van der Waals surface area contributed by atoms with Crippen LogP contribution in [0.1, 0.15) is 16.8 Å². The first kappa shape index (κ1) is 14.3. The van der Waals surface area contributed by atoms with E-state index in [4.69, 9.17) is 0 Å². The number of H-pyrrole nitrogens is 1. The van der Waals surface area contributed by atoms with Crippen LogP contribution in [0.5, 0.6) is 0 Å². The number of nitro benzene ring substituents is 1. The number of nitrogens with one attached hydrogen (secondary N) is 1. The second kappa shape index (κ2) is 5.87. The average molecular weight is 291 g/mol. The van der Waals surface area contributed by atoms with E-state index in [0.29, 0.717) is 22.0 Å². The van der Waals surface area contributed by atoms with Gasteiger partial charge in [0.2, 0.25) is 0 Å². The van der Waals surface area contributed by atoms with Crippen LogP contribution in [-0.4, -0.2) is 21.1 Å². The zero-order chi connectivity index (χ0) is 14.7. The summed E-state index contributed by atoms with van der Waals surface area (Å²) in [6.45, 7) is 1.74. The average Bonchev–Trinajstić information content (AvgIpc) is 2.42. The zero-order valence-electron chi connectivity index (χ0n) is 11.0. The summed E-state index contributed by atoms with van der Waals surface area (Å²) in [6.07, 6.45) is 2.01. The lowest BCUT2D eigenvalue weighted by atomic mass is 10.0. The van der Waals surface area contributed by atoms with E-state index < -0.39 is 4.92 Å². The van der Waals surface area contributed by atoms with Crippen molar-refractivity contribution in [3.05, 3.63) is 61.6 Å². The van der Waals surface area contributed by atoms with Crippen molar-refractivity contribution in [2.45, 2.75) is 18.5 Å². The summed E-state index contributed by atoms with van der Waals surface area (Å²) >= 11 is 1.35. The molecule has 0 spiro atoms. The molecule has 0 aliphatic heterocycles. The molecule has 1 aromatic heterocycles. The standard InChI is InChI=1S/C13H13N3O3S/c1-8-10(12(17)15-13(14-8)20-2)7-9-5-3-4-6-11(9)16(18)19/h3-6H,7H2,1-2H3,(H,14,15,17). The van der Waals surface area contributed by atoms with Gasteiger partial charge in [-0.15, -0.1) is 0 Å². The summed E-state index contributed by atoms with van der Waals surface area (Å²) in [5.41, 5.74) is 1.32. The largest absolute Gasteiger partial charge is 0.301 e. The molecule has 20 heavy (non-hydrogen) atoms. The molecule has 7 heteroatoms. The fourth-order valence-electron chi connectivity index (χ4n) is 1.92. The van der Waals surface area contributed by atoms with Crippen molar-refractivity contribution in [3.63, 3.8) is 0 Å². The SMILES string of the molecule is CSc1nc(C)c(Cc2ccccc2[N+](=O)[O-])c(=O)[nH]1. The molecule has 0 aliphatic rings. The highest BCUT2D eigenvalue weighted by Gasteiger charge is 2.16. The van der Waals surface area contributed by atoms with Gasteiger partial charge in [-0.3, -0.25) is 14.9 Å². The van der Waals surface area contributed by atoms with Crippen LogP contribution in [0, 0.1) is 17.0 Å². The number of hydrogen-bond donors (Lipinski definition) is 1. The summed E-state index contributed by atoms with van der Waals surface area (Å²) in [6, 6.07) is 6.41. The first-order valence-electron chi connectivity index (χ1n) is 5.89. The maximum Gasteiger partial charge on any atom is 0.272 e. The highest BCUT2D eigenvalue weighted by atomic mass is 32.2. The lowest BCUT2D eigenvalue weighted by molar-refractivity contribution is -0.385. The first-order valence-corrected chi connectivity index (χ1v) is 7.11. The third-order valence-corrected chi connectivity index (χ3v) is 3.53. The molecule has 0 aliphatic carbocycles. The van der Waals surface area contributed by atoms with Crippen molar-refractivity contribution in [1.29, 1.82) is 0 Å². The van der Waals surface area contributed by atoms with E-state index in [-0.39, 0.29) is 17.7 Å². The van der Waals surface area contributed by atoms with Gasteiger partial charge in [0.25, 0.3) is 11.2 Å². The summed E-state index contributed by atoms with van der Waals surface area (Å²) in [4.78, 5) is 29.5. The van der Waals surface area contributed by atoms with E-state index in [0.717, 1.165) is 0 Å². The second-order valence-corrected chi connectivity index (χ2v) is 5.00. The summed E-state index contributed by atoms with van der Waals surface area (Å²) in [7, 11) is 0. The number of hydrogen-bond acceptors (Lipinski definition) is 5. The zero-order valence-corrected chi connectivity index (χ0v) is 11.9. The fraction of sp³-hybridized carbons (Fsp3) is 0.231. The van der Waals surface area contributed by atoms with E-state index >= 15 is 0 Å². The predicted molar refractivity (Wildman–Crippen MR) is 77.3 cm³/mol. The number of aromatic nitrogens is 2. The molecular formula is C13H13N3O3S. The Balaban J connectivity index is 2.46. The number of benzene rings is 1. The van der Waals surface area contributed by atoms with Crippen LogP contribution in [0.25, 0.3) is 0 Å². The van der Waals surface area contributed by atoms with Crippen molar-refractivity contribution >= 4 is 17.4 Å². The van der Waals surface area contributed by atoms with Crippen molar-refractivity contribution in [2.24, 2.45) is 0 Å². The maximum absolute atomic E-state index is 12.0. The number of para-hydroxylation sites is 1. The molecule has 104 valence electrons. The van der Waals surface area contributed by atoms with Crippen LogP contribution in [0.2, 0.25) is 0 Å². The fourth-order valence-corrected chi connectivity index (χ4v) is 2.34. The minimum atomic E-state index is -0.442. The van der Waals surface area contributed by atoms with Gasteiger partial charge in [0.1, 0.15) is 0 Å². The molecule has 1 N–H and O–H groups in total. The molecule has 0 saturated carbocycles. The molecule has 0 saturated heterocycles. The molecule has 0 fully saturated rings. The third-order valence-electron chi connectivity index (χ3n) is 2.95. The quantitative estimate of drug-likeness (QED) is 0.404. The van der Waals surface area contributed by atoms with Crippen LogP contribution >= 0.6 is 11.8 Å². The van der Waals surface area contributed by atoms with Gasteiger partial charge >= 0.3 is 0 Å². The number of nitro groups is 1. The van der Waals surface area contributed by atoms with E-state index in [9.17, 15) is 14.9 Å². The number of rotatable bonds is 4. The van der Waals surface area contributed by atoms with E-state index in [2.05, 4.69) is 9.97 Å². The van der Waals surface area contributed by atoms with Crippen LogP contribution < -0.4 is 5.56 Å². The Hall–Kier alpha value is -2.15. The minimum absolute atomic E-state index is 0.0141. The van der Waals surface area contributed by atoms with Gasteiger partial charge in [-0.1, -0.05) is 30.0 Å². The minimum Gasteiger partial charge on any atom is -0.301 e. The number of aromatic amines is 1. The molecule has 0 unspecified atom stereocenters. The Morgan fingerprint density at radius 3 is 2.70 bits per heavy atom. The molecule has 0 amide bonds. The highest BCUT2D eigenvalue weighted by molar-refractivity contribution is 7.98. The monoisotopic (exact) mass is 291 g/mol. The van der Waals surface area contributed by atoms with Gasteiger partial charge in [0, 0.05) is 29.3 Å². The lowest BCUT2D eigenvalue weighted by Crippen LogP contribution is -2.18. The predicted octanol–water partition coefficient (Wildman–Crippen LogP) is 2.30. The Morgan fingerprint density at radius 2 is 2.10 bits per heavy atom. The number of aryl methyl sites for hydroxylation is 1. The smallest absolute Gasteiger partial charge is 0.272 e. The Kier molecular flexibility index (Phi) is 4.19. The number of thioether (sulfide) groups is 1. The van der Waals surface area contributed by atoms with Crippen LogP contribution in [-0.2, 0) is 6.42 Å². The van der Waals surface area contributed by atoms with Crippen LogP contribution in [0.3, 0.4) is 0 Å². The summed E-state index contributed by atoms with van der Waals surface area (Å²) < 4.78 is 0. The van der Waals surface area contributed by atoms with Crippen molar-refractivity contribution in [1.82, 2.24) is 9.97 Å². The lowest BCUT2D eigenvalue weighted by Gasteiger charge is -2.06. The molecule has 0 atom stereocenters. The van der Waals surface area contributed by atoms with Gasteiger partial charge in [-0.2, -0.15) is 0 Å². The van der Waals surface area contributed by atoms with Gasteiger partial charge in [0.05, 0.1) is 4.92 Å². The van der Waals surface area contributed by atoms with Crippen molar-refractivity contribution < 1.29 is 4.92 Å². The Morgan fingerprint density at radius 1 is 1.40 bits per heavy atom. The van der Waals surface area contributed by atoms with Gasteiger partial charge in [-0.25, -0.2) is 4.98 Å². The van der Waals surface area contributed by atoms with Gasteiger partial charge in [0.15, 0.2) is 5.16 Å².